The van der Waals surface area contributed by atoms with Gasteiger partial charge < -0.3 is 5.32 Å². The maximum absolute atomic E-state index is 13.7. The molecule has 1 amide bonds. The lowest BCUT2D eigenvalue weighted by Crippen LogP contribution is -2.25. The molecule has 4 nitrogen and oxygen atoms in total. The first-order chi connectivity index (χ1) is 9.79. The normalized spacial score (nSPS) is 15.0. The topological polar surface area (TPSA) is 63.2 Å². The van der Waals surface area contributed by atoms with Gasteiger partial charge in [0.15, 0.2) is 0 Å². The van der Waals surface area contributed by atoms with Crippen LogP contribution < -0.4 is 5.32 Å². The molecular formula is C14H17ClFNO3S. The van der Waals surface area contributed by atoms with Crippen molar-refractivity contribution in [1.29, 1.82) is 0 Å². The van der Waals surface area contributed by atoms with E-state index in [2.05, 4.69) is 5.32 Å². The van der Waals surface area contributed by atoms with E-state index in [0.717, 1.165) is 30.9 Å². The van der Waals surface area contributed by atoms with Gasteiger partial charge in [0.1, 0.15) is 5.82 Å². The lowest BCUT2D eigenvalue weighted by Gasteiger charge is -2.09. The molecule has 0 bridgehead atoms. The third kappa shape index (κ3) is 4.41. The molecule has 1 aliphatic carbocycles. The van der Waals surface area contributed by atoms with Gasteiger partial charge in [-0.1, -0.05) is 12.8 Å². The van der Waals surface area contributed by atoms with Gasteiger partial charge in [0, 0.05) is 28.4 Å². The summed E-state index contributed by atoms with van der Waals surface area (Å²) in [6, 6.07) is 2.13. The van der Waals surface area contributed by atoms with Crippen molar-refractivity contribution >= 4 is 25.6 Å². The number of amides is 1. The average molecular weight is 334 g/mol. The summed E-state index contributed by atoms with van der Waals surface area (Å²) in [7, 11) is 1.17. The van der Waals surface area contributed by atoms with E-state index in [9.17, 15) is 17.6 Å². The first-order valence-corrected chi connectivity index (χ1v) is 9.13. The highest BCUT2D eigenvalue weighted by molar-refractivity contribution is 8.13. The minimum Gasteiger partial charge on any atom is -0.352 e. The van der Waals surface area contributed by atoms with E-state index in [0.29, 0.717) is 6.54 Å². The zero-order valence-corrected chi connectivity index (χ0v) is 13.2. The molecule has 0 heterocycles. The van der Waals surface area contributed by atoms with Crippen molar-refractivity contribution in [2.45, 2.75) is 37.5 Å². The zero-order valence-electron chi connectivity index (χ0n) is 11.7. The Labute approximate surface area is 128 Å². The summed E-state index contributed by atoms with van der Waals surface area (Å²) in [5, 5.41) is 2.66. The molecule has 0 saturated heterocycles. The Morgan fingerprint density at radius 2 is 2.10 bits per heavy atom. The van der Waals surface area contributed by atoms with Gasteiger partial charge in [-0.25, -0.2) is 12.8 Å². The lowest BCUT2D eigenvalue weighted by atomic mass is 10.1. The molecule has 7 heteroatoms. The predicted molar refractivity (Wildman–Crippen MR) is 78.5 cm³/mol. The molecule has 0 radical (unpaired) electrons. The van der Waals surface area contributed by atoms with Crippen molar-refractivity contribution in [1.82, 2.24) is 5.32 Å². The summed E-state index contributed by atoms with van der Waals surface area (Å²) in [6.07, 6.45) is 4.46. The van der Waals surface area contributed by atoms with Gasteiger partial charge in [-0.3, -0.25) is 4.79 Å². The first-order valence-electron chi connectivity index (χ1n) is 6.82. The fourth-order valence-electron chi connectivity index (χ4n) is 2.14. The van der Waals surface area contributed by atoms with Gasteiger partial charge in [0.05, 0.1) is 4.90 Å². The average Bonchev–Trinajstić information content (AvgIpc) is 3.20. The summed E-state index contributed by atoms with van der Waals surface area (Å²) < 4.78 is 36.5. The van der Waals surface area contributed by atoms with Crippen LogP contribution in [-0.4, -0.2) is 20.9 Å². The van der Waals surface area contributed by atoms with Crippen LogP contribution in [0.4, 0.5) is 4.39 Å². The minimum atomic E-state index is -4.09. The van der Waals surface area contributed by atoms with Crippen LogP contribution in [0, 0.1) is 18.7 Å². The summed E-state index contributed by atoms with van der Waals surface area (Å²) in [6.45, 7) is 1.80. The Kier molecular flexibility index (Phi) is 4.88. The van der Waals surface area contributed by atoms with Gasteiger partial charge in [0.25, 0.3) is 15.0 Å². The highest BCUT2D eigenvalue weighted by Crippen LogP contribution is 2.33. The van der Waals surface area contributed by atoms with Crippen molar-refractivity contribution in [3.8, 4) is 0 Å². The van der Waals surface area contributed by atoms with Crippen molar-refractivity contribution in [3.63, 3.8) is 0 Å². The van der Waals surface area contributed by atoms with E-state index in [1.807, 2.05) is 0 Å². The third-order valence-corrected chi connectivity index (χ3v) is 5.04. The van der Waals surface area contributed by atoms with E-state index < -0.39 is 20.8 Å². The number of hydrogen-bond acceptors (Lipinski definition) is 3. The second-order valence-corrected chi connectivity index (χ2v) is 7.89. The van der Waals surface area contributed by atoms with Gasteiger partial charge in [-0.2, -0.15) is 0 Å². The summed E-state index contributed by atoms with van der Waals surface area (Å²) >= 11 is 0. The molecule has 1 aromatic carbocycles. The van der Waals surface area contributed by atoms with Crippen molar-refractivity contribution < 1.29 is 17.6 Å². The molecule has 0 spiro atoms. The largest absolute Gasteiger partial charge is 0.352 e. The Morgan fingerprint density at radius 3 is 2.67 bits per heavy atom. The maximum Gasteiger partial charge on any atom is 0.261 e. The fraction of sp³-hybridized carbons (Fsp3) is 0.500. The number of carbonyl (C=O) groups is 1. The smallest absolute Gasteiger partial charge is 0.261 e. The zero-order chi connectivity index (χ0) is 15.6. The molecule has 0 unspecified atom stereocenters. The van der Waals surface area contributed by atoms with E-state index in [1.165, 1.54) is 19.8 Å². The molecule has 21 heavy (non-hydrogen) atoms. The molecule has 1 saturated carbocycles. The maximum atomic E-state index is 13.7. The van der Waals surface area contributed by atoms with Gasteiger partial charge in [-0.15, -0.1) is 0 Å². The number of rotatable bonds is 6. The van der Waals surface area contributed by atoms with Crippen LogP contribution in [0.1, 0.15) is 41.6 Å². The quantitative estimate of drug-likeness (QED) is 0.643. The fourth-order valence-corrected chi connectivity index (χ4v) is 3.35. The number of nitrogens with one attached hydrogen (secondary N) is 1. The van der Waals surface area contributed by atoms with E-state index in [4.69, 9.17) is 10.7 Å². The Morgan fingerprint density at radius 1 is 1.43 bits per heavy atom. The molecule has 1 N–H and O–H groups in total. The summed E-state index contributed by atoms with van der Waals surface area (Å²) in [4.78, 5) is 11.6. The van der Waals surface area contributed by atoms with Crippen LogP contribution >= 0.6 is 10.7 Å². The SMILES string of the molecule is Cc1c(F)cc(C(=O)NCCCC2CC2)cc1S(=O)(=O)Cl. The number of halogens is 2. The lowest BCUT2D eigenvalue weighted by molar-refractivity contribution is 0.0952. The first kappa shape index (κ1) is 16.2. The van der Waals surface area contributed by atoms with Crippen molar-refractivity contribution in [3.05, 3.63) is 29.1 Å². The number of benzene rings is 1. The standard InChI is InChI=1S/C14H17ClFNO3S/c1-9-12(16)7-11(8-13(9)21(15,19)20)14(18)17-6-2-3-10-4-5-10/h7-8,10H,2-6H2,1H3,(H,17,18). The highest BCUT2D eigenvalue weighted by Gasteiger charge is 2.21. The molecule has 1 aliphatic rings. The molecule has 1 fully saturated rings. The van der Waals surface area contributed by atoms with Crippen LogP contribution in [0.2, 0.25) is 0 Å². The molecule has 116 valence electrons. The predicted octanol–water partition coefficient (Wildman–Crippen LogP) is 2.98. The van der Waals surface area contributed by atoms with Gasteiger partial charge in [-0.05, 0) is 37.8 Å². The number of hydrogen-bond donors (Lipinski definition) is 1. The molecule has 0 atom stereocenters. The van der Waals surface area contributed by atoms with Gasteiger partial charge >= 0.3 is 0 Å². The van der Waals surface area contributed by atoms with Crippen LogP contribution in [0.5, 0.6) is 0 Å². The van der Waals surface area contributed by atoms with Crippen LogP contribution in [0.25, 0.3) is 0 Å². The van der Waals surface area contributed by atoms with Crippen LogP contribution in [0.3, 0.4) is 0 Å². The Hall–Kier alpha value is -1.14. The molecule has 0 aliphatic heterocycles. The molecular weight excluding hydrogens is 317 g/mol. The second-order valence-electron chi connectivity index (χ2n) is 5.36. The summed E-state index contributed by atoms with van der Waals surface area (Å²) in [5.41, 5.74) is -0.126. The third-order valence-electron chi connectivity index (χ3n) is 3.59. The molecule has 0 aromatic heterocycles. The second kappa shape index (κ2) is 6.32. The minimum absolute atomic E-state index is 0.0382. The molecule has 1 aromatic rings. The number of carbonyl (C=O) groups excluding carboxylic acids is 1. The van der Waals surface area contributed by atoms with Crippen LogP contribution in [0.15, 0.2) is 17.0 Å². The van der Waals surface area contributed by atoms with E-state index >= 15 is 0 Å². The monoisotopic (exact) mass is 333 g/mol. The highest BCUT2D eigenvalue weighted by atomic mass is 35.7. The van der Waals surface area contributed by atoms with Crippen molar-refractivity contribution in [2.24, 2.45) is 5.92 Å². The summed E-state index contributed by atoms with van der Waals surface area (Å²) in [5.74, 6) is -0.474. The van der Waals surface area contributed by atoms with E-state index in [-0.39, 0.29) is 16.0 Å². The van der Waals surface area contributed by atoms with Gasteiger partial charge in [0.2, 0.25) is 0 Å². The van der Waals surface area contributed by atoms with Crippen LogP contribution in [-0.2, 0) is 9.05 Å². The van der Waals surface area contributed by atoms with E-state index in [1.54, 1.807) is 0 Å². The van der Waals surface area contributed by atoms with Crippen molar-refractivity contribution in [2.75, 3.05) is 6.54 Å². The Bertz CT molecular complexity index is 656. The Balaban J connectivity index is 2.07. The molecule has 2 rings (SSSR count).